The Bertz CT molecular complexity index is 797. The predicted octanol–water partition coefficient (Wildman–Crippen LogP) is 0.975. The van der Waals surface area contributed by atoms with Gasteiger partial charge in [0.1, 0.15) is 17.1 Å². The van der Waals surface area contributed by atoms with Gasteiger partial charge in [-0.25, -0.2) is 4.98 Å². The van der Waals surface area contributed by atoms with E-state index in [1.165, 1.54) is 31.1 Å². The van der Waals surface area contributed by atoms with Crippen LogP contribution in [-0.2, 0) is 6.54 Å². The number of anilines is 1. The van der Waals surface area contributed by atoms with E-state index in [1.54, 1.807) is 12.1 Å². The van der Waals surface area contributed by atoms with E-state index >= 15 is 0 Å². The molecule has 0 bridgehead atoms. The number of carbonyl (C=O) groups is 2. The second-order valence-corrected chi connectivity index (χ2v) is 4.47. The number of carbonyl (C=O) groups excluding carboxylic acids is 2. The quantitative estimate of drug-likeness (QED) is 0.644. The lowest BCUT2D eigenvalue weighted by atomic mass is 10.3. The van der Waals surface area contributed by atoms with Crippen molar-refractivity contribution < 1.29 is 14.0 Å². The van der Waals surface area contributed by atoms with E-state index in [0.29, 0.717) is 5.76 Å². The molecule has 2 amide bonds. The number of amides is 2. The van der Waals surface area contributed by atoms with Gasteiger partial charge in [-0.15, -0.1) is 0 Å². The van der Waals surface area contributed by atoms with E-state index < -0.39 is 11.8 Å². The van der Waals surface area contributed by atoms with Crippen molar-refractivity contribution in [2.45, 2.75) is 6.54 Å². The maximum absolute atomic E-state index is 12.1. The Morgan fingerprint density at radius 2 is 2.13 bits per heavy atom. The molecule has 9 nitrogen and oxygen atoms in total. The maximum Gasteiger partial charge on any atom is 0.275 e. The van der Waals surface area contributed by atoms with Crippen LogP contribution in [0.3, 0.4) is 0 Å². The molecule has 0 aliphatic heterocycles. The molecule has 0 fully saturated rings. The fourth-order valence-electron chi connectivity index (χ4n) is 1.83. The molecular weight excluding hydrogens is 300 g/mol. The third kappa shape index (κ3) is 3.40. The van der Waals surface area contributed by atoms with Crippen LogP contribution in [0, 0.1) is 0 Å². The van der Waals surface area contributed by atoms with Crippen LogP contribution in [0.25, 0.3) is 0 Å². The van der Waals surface area contributed by atoms with Crippen LogP contribution >= 0.6 is 0 Å². The molecule has 0 unspecified atom stereocenters. The Labute approximate surface area is 130 Å². The zero-order valence-electron chi connectivity index (χ0n) is 11.8. The monoisotopic (exact) mass is 312 g/mol. The Balaban J connectivity index is 1.67. The first-order valence-corrected chi connectivity index (χ1v) is 6.65. The fourth-order valence-corrected chi connectivity index (χ4v) is 1.83. The molecule has 0 aliphatic carbocycles. The second kappa shape index (κ2) is 6.52. The third-order valence-electron chi connectivity index (χ3n) is 2.91. The highest BCUT2D eigenvalue weighted by atomic mass is 16.3. The number of nitrogens with one attached hydrogen (secondary N) is 3. The molecule has 9 heteroatoms. The topological polar surface area (TPSA) is 126 Å². The summed E-state index contributed by atoms with van der Waals surface area (Å²) in [7, 11) is 0. The Kier molecular flexibility index (Phi) is 4.09. The van der Waals surface area contributed by atoms with Crippen molar-refractivity contribution >= 4 is 17.5 Å². The van der Waals surface area contributed by atoms with Gasteiger partial charge in [0.25, 0.3) is 11.8 Å². The molecule has 116 valence electrons. The normalized spacial score (nSPS) is 10.3. The van der Waals surface area contributed by atoms with E-state index in [0.717, 1.165) is 0 Å². The molecule has 3 heterocycles. The number of hydrogen-bond donors (Lipinski definition) is 3. The van der Waals surface area contributed by atoms with Gasteiger partial charge in [-0.3, -0.25) is 19.7 Å². The number of hydrogen-bond acceptors (Lipinski definition) is 6. The highest BCUT2D eigenvalue weighted by Crippen LogP contribution is 2.13. The lowest BCUT2D eigenvalue weighted by Gasteiger charge is -2.05. The molecule has 0 saturated carbocycles. The van der Waals surface area contributed by atoms with Gasteiger partial charge in [0.2, 0.25) is 0 Å². The van der Waals surface area contributed by atoms with Gasteiger partial charge in [-0.1, -0.05) is 0 Å². The van der Waals surface area contributed by atoms with Crippen molar-refractivity contribution in [3.8, 4) is 0 Å². The molecule has 0 aliphatic rings. The minimum Gasteiger partial charge on any atom is -0.467 e. The zero-order chi connectivity index (χ0) is 16.1. The second-order valence-electron chi connectivity index (χ2n) is 4.47. The number of H-pyrrole nitrogens is 1. The van der Waals surface area contributed by atoms with Crippen molar-refractivity contribution in [1.82, 2.24) is 25.5 Å². The SMILES string of the molecule is O=C(Nc1cn[nH]c1C(=O)NCc1ccco1)c1cnccn1. The van der Waals surface area contributed by atoms with E-state index in [-0.39, 0.29) is 23.6 Å². The first kappa shape index (κ1) is 14.4. The lowest BCUT2D eigenvalue weighted by molar-refractivity contribution is 0.0944. The van der Waals surface area contributed by atoms with E-state index in [1.807, 2.05) is 0 Å². The number of aromatic amines is 1. The van der Waals surface area contributed by atoms with Gasteiger partial charge in [-0.2, -0.15) is 5.10 Å². The van der Waals surface area contributed by atoms with E-state index in [4.69, 9.17) is 4.42 Å². The lowest BCUT2D eigenvalue weighted by Crippen LogP contribution is -2.25. The maximum atomic E-state index is 12.1. The Hall–Kier alpha value is -3.49. The van der Waals surface area contributed by atoms with Crippen molar-refractivity contribution in [3.63, 3.8) is 0 Å². The average Bonchev–Trinajstić information content (AvgIpc) is 3.25. The van der Waals surface area contributed by atoms with Crippen LogP contribution in [0.15, 0.2) is 47.6 Å². The molecule has 3 N–H and O–H groups in total. The zero-order valence-corrected chi connectivity index (χ0v) is 11.8. The minimum absolute atomic E-state index is 0.133. The molecule has 3 rings (SSSR count). The van der Waals surface area contributed by atoms with Crippen LogP contribution in [0.4, 0.5) is 5.69 Å². The van der Waals surface area contributed by atoms with E-state index in [9.17, 15) is 9.59 Å². The molecule has 3 aromatic rings. The molecule has 0 saturated heterocycles. The van der Waals surface area contributed by atoms with Crippen LogP contribution < -0.4 is 10.6 Å². The summed E-state index contributed by atoms with van der Waals surface area (Å²) < 4.78 is 5.13. The first-order chi connectivity index (χ1) is 11.2. The van der Waals surface area contributed by atoms with Gasteiger partial charge < -0.3 is 15.1 Å². The van der Waals surface area contributed by atoms with Crippen molar-refractivity contribution in [2.24, 2.45) is 0 Å². The van der Waals surface area contributed by atoms with Crippen molar-refractivity contribution in [3.05, 3.63) is 60.3 Å². The predicted molar refractivity (Wildman–Crippen MR) is 78.5 cm³/mol. The first-order valence-electron chi connectivity index (χ1n) is 6.65. The van der Waals surface area contributed by atoms with Gasteiger partial charge >= 0.3 is 0 Å². The summed E-state index contributed by atoms with van der Waals surface area (Å²) in [5.74, 6) is -0.295. The van der Waals surface area contributed by atoms with E-state index in [2.05, 4.69) is 30.8 Å². The highest BCUT2D eigenvalue weighted by molar-refractivity contribution is 6.07. The third-order valence-corrected chi connectivity index (χ3v) is 2.91. The van der Waals surface area contributed by atoms with Crippen molar-refractivity contribution in [1.29, 1.82) is 0 Å². The smallest absolute Gasteiger partial charge is 0.275 e. The molecule has 23 heavy (non-hydrogen) atoms. The van der Waals surface area contributed by atoms with Crippen LogP contribution in [-0.4, -0.2) is 32.0 Å². The summed E-state index contributed by atoms with van der Waals surface area (Å²) in [6.07, 6.45) is 7.05. The number of rotatable bonds is 5. The molecular formula is C14H12N6O3. The number of aromatic nitrogens is 4. The van der Waals surface area contributed by atoms with Gasteiger partial charge in [-0.05, 0) is 12.1 Å². The summed E-state index contributed by atoms with van der Waals surface area (Å²) in [5.41, 5.74) is 0.516. The molecule has 0 aromatic carbocycles. The minimum atomic E-state index is -0.486. The van der Waals surface area contributed by atoms with Gasteiger partial charge in [0.15, 0.2) is 0 Å². The standard InChI is InChI=1S/C14H12N6O3/c21-13(11-7-15-3-4-16-11)19-10-8-18-20-12(10)14(22)17-6-9-2-1-5-23-9/h1-5,7-8H,6H2,(H,17,22)(H,18,20)(H,19,21). The average molecular weight is 312 g/mol. The summed E-state index contributed by atoms with van der Waals surface area (Å²) >= 11 is 0. The van der Waals surface area contributed by atoms with Crippen LogP contribution in [0.1, 0.15) is 26.7 Å². The number of furan rings is 1. The summed E-state index contributed by atoms with van der Waals surface area (Å²) in [6.45, 7) is 0.225. The molecule has 0 radical (unpaired) electrons. The molecule has 3 aromatic heterocycles. The van der Waals surface area contributed by atoms with Crippen molar-refractivity contribution in [2.75, 3.05) is 5.32 Å². The van der Waals surface area contributed by atoms with Gasteiger partial charge in [0.05, 0.1) is 30.9 Å². The summed E-state index contributed by atoms with van der Waals surface area (Å²) in [6, 6.07) is 3.47. The van der Waals surface area contributed by atoms with Crippen LogP contribution in [0.2, 0.25) is 0 Å². The summed E-state index contributed by atoms with van der Waals surface area (Å²) in [4.78, 5) is 31.9. The fraction of sp³-hybridized carbons (Fsp3) is 0.0714. The summed E-state index contributed by atoms with van der Waals surface area (Å²) in [5, 5.41) is 11.5. The van der Waals surface area contributed by atoms with Gasteiger partial charge in [0, 0.05) is 12.4 Å². The number of nitrogens with zero attached hydrogens (tertiary/aromatic N) is 3. The molecule has 0 atom stereocenters. The largest absolute Gasteiger partial charge is 0.467 e. The highest BCUT2D eigenvalue weighted by Gasteiger charge is 2.17. The molecule has 0 spiro atoms. The Morgan fingerprint density at radius 1 is 1.22 bits per heavy atom. The Morgan fingerprint density at radius 3 is 2.87 bits per heavy atom. The van der Waals surface area contributed by atoms with Crippen LogP contribution in [0.5, 0.6) is 0 Å².